The van der Waals surface area contributed by atoms with Gasteiger partial charge in [0.05, 0.1) is 12.2 Å². The van der Waals surface area contributed by atoms with Crippen molar-refractivity contribution >= 4 is 15.9 Å². The first-order chi connectivity index (χ1) is 8.31. The summed E-state index contributed by atoms with van der Waals surface area (Å²) in [4.78, 5) is 0. The minimum absolute atomic E-state index is 0.0534. The van der Waals surface area contributed by atoms with Crippen LogP contribution in [0.25, 0.3) is 0 Å². The van der Waals surface area contributed by atoms with Gasteiger partial charge in [0.15, 0.2) is 0 Å². The van der Waals surface area contributed by atoms with Crippen LogP contribution in [0.15, 0.2) is 22.7 Å². The summed E-state index contributed by atoms with van der Waals surface area (Å²) < 4.78 is 19.7. The number of halogens is 2. The highest BCUT2D eigenvalue weighted by atomic mass is 79.9. The van der Waals surface area contributed by atoms with Crippen LogP contribution in [0.3, 0.4) is 0 Å². The number of nitrogens with two attached hydrogens (primary N) is 1. The summed E-state index contributed by atoms with van der Waals surface area (Å²) in [5, 5.41) is 0. The van der Waals surface area contributed by atoms with Crippen molar-refractivity contribution in [3.05, 3.63) is 34.1 Å². The molecule has 0 amide bonds. The highest BCUT2D eigenvalue weighted by Crippen LogP contribution is 2.20. The molecule has 0 spiro atoms. The van der Waals surface area contributed by atoms with Gasteiger partial charge in [-0.2, -0.15) is 0 Å². The molecule has 0 bridgehead atoms. The molecule has 0 heterocycles. The fourth-order valence-electron chi connectivity index (χ4n) is 1.48. The Bertz CT molecular complexity index is 393. The fraction of sp³-hybridized carbons (Fsp3) is 0.538. The maximum absolute atomic E-state index is 13.2. The second-order valence-corrected chi connectivity index (χ2v) is 6.08. The monoisotopic (exact) mass is 318 g/mol. The molecule has 0 fully saturated rings. The van der Waals surface area contributed by atoms with E-state index in [0.29, 0.717) is 13.0 Å². The van der Waals surface area contributed by atoms with E-state index < -0.39 is 0 Å². The number of nitrogens with one attached hydrogen (secondary N) is 1. The highest BCUT2D eigenvalue weighted by molar-refractivity contribution is 9.10. The average Bonchev–Trinajstić information content (AvgIpc) is 2.27. The number of hydrazine groups is 1. The molecule has 0 aliphatic carbocycles. The summed E-state index contributed by atoms with van der Waals surface area (Å²) in [5.41, 5.74) is 3.36. The lowest BCUT2D eigenvalue weighted by molar-refractivity contribution is -0.0143. The second-order valence-electron chi connectivity index (χ2n) is 5.23. The standard InChI is InChI=1S/C13H20BrFN2O/c1-13(2,3)18-8-11(17-16)7-9-6-10(15)4-5-12(9)14/h4-6,11,17H,7-8,16H2,1-3H3. The third-order valence-electron chi connectivity index (χ3n) is 2.43. The molecule has 0 aliphatic rings. The molecule has 1 aromatic rings. The van der Waals surface area contributed by atoms with Crippen molar-refractivity contribution in [2.45, 2.75) is 38.8 Å². The van der Waals surface area contributed by atoms with E-state index in [0.717, 1.165) is 10.0 Å². The first-order valence-electron chi connectivity index (χ1n) is 5.86. The Labute approximate surface area is 116 Å². The number of rotatable bonds is 5. The molecule has 1 unspecified atom stereocenters. The molecule has 0 radical (unpaired) electrons. The van der Waals surface area contributed by atoms with Crippen molar-refractivity contribution in [1.82, 2.24) is 5.43 Å². The first-order valence-corrected chi connectivity index (χ1v) is 6.65. The van der Waals surface area contributed by atoms with Gasteiger partial charge in [0, 0.05) is 10.5 Å². The molecule has 18 heavy (non-hydrogen) atoms. The predicted octanol–water partition coefficient (Wildman–Crippen LogP) is 2.78. The molecule has 0 aliphatic heterocycles. The van der Waals surface area contributed by atoms with Crippen LogP contribution in [-0.2, 0) is 11.2 Å². The van der Waals surface area contributed by atoms with E-state index in [2.05, 4.69) is 21.4 Å². The van der Waals surface area contributed by atoms with Gasteiger partial charge in [-0.25, -0.2) is 4.39 Å². The molecule has 5 heteroatoms. The first kappa shape index (κ1) is 15.6. The summed E-state index contributed by atoms with van der Waals surface area (Å²) in [6.07, 6.45) is 0.602. The Morgan fingerprint density at radius 3 is 2.67 bits per heavy atom. The molecule has 1 atom stereocenters. The van der Waals surface area contributed by atoms with Crippen molar-refractivity contribution in [2.75, 3.05) is 6.61 Å². The smallest absolute Gasteiger partial charge is 0.123 e. The summed E-state index contributed by atoms with van der Waals surface area (Å²) in [5.74, 6) is 5.25. The third-order valence-corrected chi connectivity index (χ3v) is 3.20. The maximum atomic E-state index is 13.2. The molecule has 0 aromatic heterocycles. The lowest BCUT2D eigenvalue weighted by Gasteiger charge is -2.24. The van der Waals surface area contributed by atoms with Gasteiger partial charge >= 0.3 is 0 Å². The van der Waals surface area contributed by atoms with Crippen LogP contribution < -0.4 is 11.3 Å². The topological polar surface area (TPSA) is 47.3 Å². The number of hydrogen-bond acceptors (Lipinski definition) is 3. The van der Waals surface area contributed by atoms with E-state index in [4.69, 9.17) is 10.6 Å². The predicted molar refractivity (Wildman–Crippen MR) is 74.6 cm³/mol. The van der Waals surface area contributed by atoms with Gasteiger partial charge < -0.3 is 4.74 Å². The second kappa shape index (κ2) is 6.61. The van der Waals surface area contributed by atoms with Crippen molar-refractivity contribution < 1.29 is 9.13 Å². The number of ether oxygens (including phenoxy) is 1. The van der Waals surface area contributed by atoms with Crippen LogP contribution >= 0.6 is 15.9 Å². The van der Waals surface area contributed by atoms with Crippen molar-refractivity contribution in [1.29, 1.82) is 0 Å². The Morgan fingerprint density at radius 1 is 1.44 bits per heavy atom. The van der Waals surface area contributed by atoms with Crippen LogP contribution in [0.1, 0.15) is 26.3 Å². The fourth-order valence-corrected chi connectivity index (χ4v) is 1.89. The molecule has 0 saturated carbocycles. The maximum Gasteiger partial charge on any atom is 0.123 e. The lowest BCUT2D eigenvalue weighted by Crippen LogP contribution is -2.42. The van der Waals surface area contributed by atoms with Gasteiger partial charge in [-0.05, 0) is 51.0 Å². The van der Waals surface area contributed by atoms with E-state index in [1.165, 1.54) is 12.1 Å². The highest BCUT2D eigenvalue weighted by Gasteiger charge is 2.16. The SMILES string of the molecule is CC(C)(C)OCC(Cc1cc(F)ccc1Br)NN. The molecule has 1 aromatic carbocycles. The summed E-state index contributed by atoms with van der Waals surface area (Å²) in [6, 6.07) is 4.57. The van der Waals surface area contributed by atoms with Crippen LogP contribution in [-0.4, -0.2) is 18.2 Å². The molecular weight excluding hydrogens is 299 g/mol. The normalized spacial score (nSPS) is 13.7. The summed E-state index contributed by atoms with van der Waals surface area (Å²) >= 11 is 3.40. The van der Waals surface area contributed by atoms with Crippen LogP contribution in [0.2, 0.25) is 0 Å². The molecule has 3 nitrogen and oxygen atoms in total. The molecule has 102 valence electrons. The van der Waals surface area contributed by atoms with Crippen LogP contribution in [0.5, 0.6) is 0 Å². The van der Waals surface area contributed by atoms with E-state index in [9.17, 15) is 4.39 Å². The van der Waals surface area contributed by atoms with Crippen molar-refractivity contribution in [3.63, 3.8) is 0 Å². The van der Waals surface area contributed by atoms with Crippen LogP contribution in [0, 0.1) is 5.82 Å². The Morgan fingerprint density at radius 2 is 2.11 bits per heavy atom. The minimum Gasteiger partial charge on any atom is -0.374 e. The van der Waals surface area contributed by atoms with Gasteiger partial charge in [-0.1, -0.05) is 15.9 Å². The van der Waals surface area contributed by atoms with Gasteiger partial charge in [0.2, 0.25) is 0 Å². The largest absolute Gasteiger partial charge is 0.374 e. The Kier molecular flexibility index (Phi) is 5.72. The number of benzene rings is 1. The van der Waals surface area contributed by atoms with E-state index in [1.54, 1.807) is 6.07 Å². The van der Waals surface area contributed by atoms with Gasteiger partial charge in [0.1, 0.15) is 5.82 Å². The average molecular weight is 319 g/mol. The number of hydrogen-bond donors (Lipinski definition) is 2. The van der Waals surface area contributed by atoms with E-state index >= 15 is 0 Å². The molecule has 3 N–H and O–H groups in total. The van der Waals surface area contributed by atoms with E-state index in [1.807, 2.05) is 20.8 Å². The van der Waals surface area contributed by atoms with Gasteiger partial charge in [-0.3, -0.25) is 11.3 Å². The van der Waals surface area contributed by atoms with Crippen molar-refractivity contribution in [2.24, 2.45) is 5.84 Å². The summed E-state index contributed by atoms with van der Waals surface area (Å²) in [6.45, 7) is 6.43. The van der Waals surface area contributed by atoms with Gasteiger partial charge in [-0.15, -0.1) is 0 Å². The lowest BCUT2D eigenvalue weighted by atomic mass is 10.1. The summed E-state index contributed by atoms with van der Waals surface area (Å²) in [7, 11) is 0. The molecular formula is C13H20BrFN2O. The minimum atomic E-state index is -0.249. The Hall–Kier alpha value is -0.490. The van der Waals surface area contributed by atoms with E-state index in [-0.39, 0.29) is 17.5 Å². The zero-order chi connectivity index (χ0) is 13.8. The Balaban J connectivity index is 2.65. The third kappa shape index (κ3) is 5.44. The van der Waals surface area contributed by atoms with Crippen LogP contribution in [0.4, 0.5) is 4.39 Å². The zero-order valence-corrected chi connectivity index (χ0v) is 12.6. The molecule has 0 saturated heterocycles. The quantitative estimate of drug-likeness (QED) is 0.648. The molecule has 1 rings (SSSR count). The van der Waals surface area contributed by atoms with Gasteiger partial charge in [0.25, 0.3) is 0 Å². The zero-order valence-electron chi connectivity index (χ0n) is 11.0. The van der Waals surface area contributed by atoms with Crippen molar-refractivity contribution in [3.8, 4) is 0 Å².